The highest BCUT2D eigenvalue weighted by Crippen LogP contribution is 2.61. The van der Waals surface area contributed by atoms with Crippen molar-refractivity contribution < 1.29 is 9.21 Å². The van der Waals surface area contributed by atoms with Crippen LogP contribution in [0.5, 0.6) is 0 Å². The number of nitrogens with zero attached hydrogens (tertiary/aromatic N) is 1. The van der Waals surface area contributed by atoms with Crippen LogP contribution in [0.15, 0.2) is 46.9 Å². The van der Waals surface area contributed by atoms with Gasteiger partial charge in [-0.2, -0.15) is 0 Å². The maximum Gasteiger partial charge on any atom is 0.227 e. The first-order valence-corrected chi connectivity index (χ1v) is 12.3. The Kier molecular flexibility index (Phi) is 4.67. The predicted molar refractivity (Wildman–Crippen MR) is 127 cm³/mol. The molecule has 4 fully saturated rings. The summed E-state index contributed by atoms with van der Waals surface area (Å²) in [5.41, 5.74) is 4.99. The monoisotopic (exact) mass is 428 g/mol. The molecule has 0 aliphatic heterocycles. The predicted octanol–water partition coefficient (Wildman–Crippen LogP) is 7.16. The largest absolute Gasteiger partial charge is 0.436 e. The van der Waals surface area contributed by atoms with Crippen molar-refractivity contribution in [2.45, 2.75) is 64.7 Å². The summed E-state index contributed by atoms with van der Waals surface area (Å²) in [5, 5.41) is 3.15. The highest BCUT2D eigenvalue weighted by atomic mass is 16.3. The summed E-state index contributed by atoms with van der Waals surface area (Å²) in [6.45, 7) is 4.36. The van der Waals surface area contributed by atoms with Crippen LogP contribution >= 0.6 is 0 Å². The number of oxazole rings is 1. The molecule has 3 aromatic rings. The number of hydrogen-bond donors (Lipinski definition) is 1. The van der Waals surface area contributed by atoms with Crippen LogP contribution in [0, 0.1) is 23.2 Å². The Hall–Kier alpha value is -2.62. The van der Waals surface area contributed by atoms with Gasteiger partial charge in [0.05, 0.1) is 0 Å². The molecule has 4 aliphatic carbocycles. The minimum atomic E-state index is 0.169. The molecule has 1 N–H and O–H groups in total. The maximum absolute atomic E-state index is 12.9. The van der Waals surface area contributed by atoms with Gasteiger partial charge < -0.3 is 9.73 Å². The second-order valence-corrected chi connectivity index (χ2v) is 11.1. The molecule has 1 amide bonds. The fraction of sp³-hybridized carbons (Fsp3) is 0.500. The van der Waals surface area contributed by atoms with Gasteiger partial charge in [0.25, 0.3) is 0 Å². The van der Waals surface area contributed by atoms with Crippen molar-refractivity contribution >= 4 is 22.7 Å². The third kappa shape index (κ3) is 3.64. The molecule has 0 saturated heterocycles. The maximum atomic E-state index is 12.9. The quantitative estimate of drug-likeness (QED) is 0.469. The minimum Gasteiger partial charge on any atom is -0.436 e. The van der Waals surface area contributed by atoms with Crippen molar-refractivity contribution in [2.24, 2.45) is 23.2 Å². The first-order valence-electron chi connectivity index (χ1n) is 12.3. The molecular weight excluding hydrogens is 396 g/mol. The Morgan fingerprint density at radius 1 is 1.03 bits per heavy atom. The minimum absolute atomic E-state index is 0.169. The van der Waals surface area contributed by atoms with E-state index in [1.807, 2.05) is 30.3 Å². The van der Waals surface area contributed by atoms with Crippen LogP contribution in [-0.4, -0.2) is 10.9 Å². The summed E-state index contributed by atoms with van der Waals surface area (Å²) in [5.74, 6) is 3.87. The van der Waals surface area contributed by atoms with Gasteiger partial charge in [0.2, 0.25) is 11.8 Å². The number of amides is 1. The highest BCUT2D eigenvalue weighted by molar-refractivity contribution is 5.91. The van der Waals surface area contributed by atoms with Gasteiger partial charge >= 0.3 is 0 Å². The second kappa shape index (κ2) is 7.47. The van der Waals surface area contributed by atoms with E-state index in [-0.39, 0.29) is 11.3 Å². The van der Waals surface area contributed by atoms with Gasteiger partial charge in [0, 0.05) is 17.7 Å². The van der Waals surface area contributed by atoms with Crippen molar-refractivity contribution in [3.05, 3.63) is 48.0 Å². The Morgan fingerprint density at radius 2 is 1.69 bits per heavy atom. The first kappa shape index (κ1) is 20.0. The van der Waals surface area contributed by atoms with Crippen molar-refractivity contribution in [3.63, 3.8) is 0 Å². The van der Waals surface area contributed by atoms with E-state index >= 15 is 0 Å². The Balaban J connectivity index is 1.14. The molecule has 4 saturated carbocycles. The van der Waals surface area contributed by atoms with Crippen molar-refractivity contribution in [1.29, 1.82) is 0 Å². The number of benzene rings is 2. The molecule has 1 heterocycles. The summed E-state index contributed by atoms with van der Waals surface area (Å²) in [7, 11) is 0. The number of aromatic nitrogens is 1. The van der Waals surface area contributed by atoms with E-state index < -0.39 is 0 Å². The fourth-order valence-corrected chi connectivity index (χ4v) is 7.18. The van der Waals surface area contributed by atoms with Crippen LogP contribution in [0.2, 0.25) is 0 Å². The lowest BCUT2D eigenvalue weighted by Crippen LogP contribution is -2.47. The number of rotatable bonds is 5. The van der Waals surface area contributed by atoms with Crippen molar-refractivity contribution in [3.8, 4) is 11.5 Å². The number of hydrogen-bond acceptors (Lipinski definition) is 3. The number of anilines is 1. The summed E-state index contributed by atoms with van der Waals surface area (Å²) in [4.78, 5) is 17.6. The van der Waals surface area contributed by atoms with E-state index in [2.05, 4.69) is 36.3 Å². The molecule has 0 unspecified atom stereocenters. The number of nitrogens with one attached hydrogen (secondary N) is 1. The van der Waals surface area contributed by atoms with Gasteiger partial charge in [-0.3, -0.25) is 4.79 Å². The zero-order valence-electron chi connectivity index (χ0n) is 19.1. The Morgan fingerprint density at radius 3 is 2.31 bits per heavy atom. The molecule has 4 heteroatoms. The average molecular weight is 429 g/mol. The second-order valence-electron chi connectivity index (χ2n) is 11.1. The normalized spacial score (nSPS) is 28.5. The summed E-state index contributed by atoms with van der Waals surface area (Å²) < 4.78 is 5.97. The van der Waals surface area contributed by atoms with Crippen molar-refractivity contribution in [1.82, 2.24) is 4.98 Å². The zero-order valence-corrected chi connectivity index (χ0v) is 19.1. The van der Waals surface area contributed by atoms with Gasteiger partial charge in [-0.05, 0) is 110 Å². The van der Waals surface area contributed by atoms with Crippen LogP contribution in [0.4, 0.5) is 5.69 Å². The van der Waals surface area contributed by atoms with Crippen LogP contribution in [0.1, 0.15) is 70.3 Å². The van der Waals surface area contributed by atoms with E-state index in [0.717, 1.165) is 40.1 Å². The van der Waals surface area contributed by atoms with Crippen molar-refractivity contribution in [2.75, 3.05) is 5.32 Å². The SMILES string of the molecule is CC(C)c1ccc2oc(-c3ccc(NC(=O)CC45CC6CC(CC(C6)C4)C5)cc3)nc2c1. The smallest absolute Gasteiger partial charge is 0.227 e. The molecular formula is C28H32N2O2. The molecule has 0 atom stereocenters. The molecule has 4 nitrogen and oxygen atoms in total. The van der Waals surface area contributed by atoms with E-state index in [4.69, 9.17) is 4.42 Å². The summed E-state index contributed by atoms with van der Waals surface area (Å²) in [6, 6.07) is 14.1. The molecule has 2 aromatic carbocycles. The van der Waals surface area contributed by atoms with E-state index in [1.165, 1.54) is 44.1 Å². The van der Waals surface area contributed by atoms with E-state index in [9.17, 15) is 4.79 Å². The van der Waals surface area contributed by atoms with Gasteiger partial charge in [-0.25, -0.2) is 4.98 Å². The first-order chi connectivity index (χ1) is 15.4. The standard InChI is InChI=1S/C28H32N2O2/c1-17(2)22-5-8-25-24(12-22)30-27(32-25)21-3-6-23(7-4-21)29-26(31)16-28-13-18-9-19(14-28)11-20(10-18)15-28/h3-8,12,17-20H,9-11,13-16H2,1-2H3,(H,29,31). The lowest BCUT2D eigenvalue weighted by molar-refractivity contribution is -0.124. The average Bonchev–Trinajstić information content (AvgIpc) is 3.16. The summed E-state index contributed by atoms with van der Waals surface area (Å²) in [6.07, 6.45) is 8.72. The molecule has 0 spiro atoms. The van der Waals surface area contributed by atoms with Gasteiger partial charge in [0.1, 0.15) is 5.52 Å². The summed E-state index contributed by atoms with van der Waals surface area (Å²) >= 11 is 0. The van der Waals surface area contributed by atoms with Crippen LogP contribution in [0.3, 0.4) is 0 Å². The molecule has 7 rings (SSSR count). The van der Waals surface area contributed by atoms with E-state index in [0.29, 0.717) is 18.2 Å². The number of carbonyl (C=O) groups is 1. The molecule has 4 aliphatic rings. The lowest BCUT2D eigenvalue weighted by Gasteiger charge is -2.56. The number of fused-ring (bicyclic) bond motifs is 1. The highest BCUT2D eigenvalue weighted by Gasteiger charge is 2.51. The van der Waals surface area contributed by atoms with Gasteiger partial charge in [0.15, 0.2) is 5.58 Å². The van der Waals surface area contributed by atoms with Crippen LogP contribution in [0.25, 0.3) is 22.6 Å². The van der Waals surface area contributed by atoms with Gasteiger partial charge in [-0.1, -0.05) is 19.9 Å². The molecule has 0 radical (unpaired) electrons. The Bertz CT molecular complexity index is 1120. The van der Waals surface area contributed by atoms with Crippen LogP contribution in [-0.2, 0) is 4.79 Å². The Labute approximate surface area is 189 Å². The van der Waals surface area contributed by atoms with E-state index in [1.54, 1.807) is 0 Å². The lowest BCUT2D eigenvalue weighted by atomic mass is 9.49. The topological polar surface area (TPSA) is 55.1 Å². The molecule has 4 bridgehead atoms. The third-order valence-corrected chi connectivity index (χ3v) is 8.19. The molecule has 1 aromatic heterocycles. The molecule has 166 valence electrons. The van der Waals surface area contributed by atoms with Crippen LogP contribution < -0.4 is 5.32 Å². The third-order valence-electron chi connectivity index (χ3n) is 8.19. The molecule has 32 heavy (non-hydrogen) atoms. The zero-order chi connectivity index (χ0) is 21.9. The fourth-order valence-electron chi connectivity index (χ4n) is 7.18. The van der Waals surface area contributed by atoms with Gasteiger partial charge in [-0.15, -0.1) is 0 Å². The number of carbonyl (C=O) groups excluding carboxylic acids is 1.